The van der Waals surface area contributed by atoms with Crippen molar-refractivity contribution in [3.05, 3.63) is 112 Å². The minimum Gasteiger partial charge on any atom is -0.355 e. The van der Waals surface area contributed by atoms with E-state index in [4.69, 9.17) is 0 Å². The average Bonchev–Trinajstić information content (AvgIpc) is 2.69. The number of ketones is 1. The number of carbonyl (C=O) groups is 1. The molecule has 0 unspecified atom stereocenters. The number of nitro benzene ring substituents is 1. The summed E-state index contributed by atoms with van der Waals surface area (Å²) < 4.78 is 0. The van der Waals surface area contributed by atoms with E-state index in [0.29, 0.717) is 11.3 Å². The molecule has 5 nitrogen and oxygen atoms in total. The summed E-state index contributed by atoms with van der Waals surface area (Å²) >= 11 is 0. The zero-order valence-electron chi connectivity index (χ0n) is 13.8. The van der Waals surface area contributed by atoms with Crippen LogP contribution in [0.15, 0.2) is 91.0 Å². The van der Waals surface area contributed by atoms with Crippen LogP contribution in [0.25, 0.3) is 5.70 Å². The topological polar surface area (TPSA) is 72.2 Å². The molecular weight excluding hydrogens is 328 g/mol. The van der Waals surface area contributed by atoms with Gasteiger partial charge in [-0.25, -0.2) is 0 Å². The lowest BCUT2D eigenvalue weighted by Gasteiger charge is -2.11. The van der Waals surface area contributed by atoms with Crippen LogP contribution in [0.4, 0.5) is 11.4 Å². The van der Waals surface area contributed by atoms with Crippen LogP contribution in [0.1, 0.15) is 15.9 Å². The molecule has 0 aliphatic carbocycles. The molecule has 0 atom stereocenters. The summed E-state index contributed by atoms with van der Waals surface area (Å²) in [6.45, 7) is 0. The highest BCUT2D eigenvalue weighted by Gasteiger charge is 2.10. The molecule has 0 aromatic heterocycles. The summed E-state index contributed by atoms with van der Waals surface area (Å²) in [5, 5.41) is 14.0. The third-order valence-electron chi connectivity index (χ3n) is 3.78. The minimum atomic E-state index is -0.490. The first-order valence-electron chi connectivity index (χ1n) is 8.01. The van der Waals surface area contributed by atoms with Gasteiger partial charge in [0.15, 0.2) is 5.78 Å². The number of hydrogen-bond donors (Lipinski definition) is 1. The summed E-state index contributed by atoms with van der Waals surface area (Å²) in [5.74, 6) is -0.234. The van der Waals surface area contributed by atoms with Crippen molar-refractivity contribution in [2.45, 2.75) is 0 Å². The van der Waals surface area contributed by atoms with Gasteiger partial charge in [-0.3, -0.25) is 14.9 Å². The zero-order valence-corrected chi connectivity index (χ0v) is 13.8. The predicted octanol–water partition coefficient (Wildman–Crippen LogP) is 4.93. The number of carbonyl (C=O) groups excluding carboxylic acids is 1. The lowest BCUT2D eigenvalue weighted by Crippen LogP contribution is -2.03. The quantitative estimate of drug-likeness (QED) is 0.298. The van der Waals surface area contributed by atoms with Crippen LogP contribution in [-0.2, 0) is 0 Å². The van der Waals surface area contributed by atoms with Crippen molar-refractivity contribution >= 4 is 22.9 Å². The Kier molecular flexibility index (Phi) is 5.19. The number of rotatable bonds is 6. The Morgan fingerprint density at radius 3 is 1.96 bits per heavy atom. The van der Waals surface area contributed by atoms with Crippen molar-refractivity contribution in [2.24, 2.45) is 0 Å². The smallest absolute Gasteiger partial charge is 0.269 e. The normalized spacial score (nSPS) is 11.0. The lowest BCUT2D eigenvalue weighted by atomic mass is 10.1. The molecule has 0 bridgehead atoms. The number of nitrogens with one attached hydrogen (secondary N) is 1. The highest BCUT2D eigenvalue weighted by Crippen LogP contribution is 2.20. The van der Waals surface area contributed by atoms with Crippen LogP contribution in [-0.4, -0.2) is 10.7 Å². The second-order valence-corrected chi connectivity index (χ2v) is 5.58. The summed E-state index contributed by atoms with van der Waals surface area (Å²) in [6, 6.07) is 24.6. The van der Waals surface area contributed by atoms with Crippen molar-refractivity contribution in [1.82, 2.24) is 0 Å². The third-order valence-corrected chi connectivity index (χ3v) is 3.78. The van der Waals surface area contributed by atoms with Crippen LogP contribution in [0, 0.1) is 10.1 Å². The van der Waals surface area contributed by atoms with E-state index in [9.17, 15) is 14.9 Å². The van der Waals surface area contributed by atoms with Gasteiger partial charge in [0.1, 0.15) is 0 Å². The maximum absolute atomic E-state index is 12.6. The summed E-state index contributed by atoms with van der Waals surface area (Å²) in [4.78, 5) is 22.9. The molecule has 5 heteroatoms. The van der Waals surface area contributed by atoms with Gasteiger partial charge in [0.25, 0.3) is 5.69 Å². The Balaban J connectivity index is 1.92. The maximum atomic E-state index is 12.6. The number of hydrogen-bond acceptors (Lipinski definition) is 4. The number of benzene rings is 3. The summed E-state index contributed by atoms with van der Waals surface area (Å²) in [6.07, 6.45) is 1.50. The standard InChI is InChI=1S/C21H16N2O3/c24-21(17-11-13-19(14-12-17)23(25)26)15-20(16-7-3-1-4-8-16)22-18-9-5-2-6-10-18/h1-15,22H. The Hall–Kier alpha value is -3.73. The Morgan fingerprint density at radius 2 is 1.38 bits per heavy atom. The largest absolute Gasteiger partial charge is 0.355 e. The van der Waals surface area contributed by atoms with E-state index in [1.165, 1.54) is 30.3 Å². The molecule has 0 amide bonds. The molecule has 3 aromatic carbocycles. The fourth-order valence-electron chi connectivity index (χ4n) is 2.45. The summed E-state index contributed by atoms with van der Waals surface area (Å²) in [7, 11) is 0. The highest BCUT2D eigenvalue weighted by molar-refractivity contribution is 6.09. The zero-order chi connectivity index (χ0) is 18.4. The molecule has 26 heavy (non-hydrogen) atoms. The number of nitrogens with zero attached hydrogens (tertiary/aromatic N) is 1. The fraction of sp³-hybridized carbons (Fsp3) is 0. The molecule has 0 radical (unpaired) electrons. The van der Waals surface area contributed by atoms with Gasteiger partial charge in [-0.1, -0.05) is 48.5 Å². The molecule has 0 aliphatic rings. The van der Waals surface area contributed by atoms with Crippen LogP contribution < -0.4 is 5.32 Å². The van der Waals surface area contributed by atoms with Crippen molar-refractivity contribution in [1.29, 1.82) is 0 Å². The molecule has 3 rings (SSSR count). The van der Waals surface area contributed by atoms with E-state index in [1.54, 1.807) is 0 Å². The van der Waals surface area contributed by atoms with Crippen molar-refractivity contribution in [3.63, 3.8) is 0 Å². The average molecular weight is 344 g/mol. The molecule has 0 spiro atoms. The first kappa shape index (κ1) is 17.1. The molecule has 0 saturated carbocycles. The summed E-state index contributed by atoms with van der Waals surface area (Å²) in [5.41, 5.74) is 2.72. The number of anilines is 1. The van der Waals surface area contributed by atoms with E-state index in [0.717, 1.165) is 11.3 Å². The van der Waals surface area contributed by atoms with Crippen LogP contribution in [0.3, 0.4) is 0 Å². The highest BCUT2D eigenvalue weighted by atomic mass is 16.6. The number of nitro groups is 1. The predicted molar refractivity (Wildman–Crippen MR) is 102 cm³/mol. The van der Waals surface area contributed by atoms with E-state index in [-0.39, 0.29) is 11.5 Å². The molecule has 128 valence electrons. The van der Waals surface area contributed by atoms with Gasteiger partial charge in [-0.05, 0) is 29.8 Å². The van der Waals surface area contributed by atoms with Gasteiger partial charge in [0.2, 0.25) is 0 Å². The van der Waals surface area contributed by atoms with Gasteiger partial charge < -0.3 is 5.32 Å². The monoisotopic (exact) mass is 344 g/mol. The van der Waals surface area contributed by atoms with Gasteiger partial charge in [-0.15, -0.1) is 0 Å². The number of non-ortho nitro benzene ring substituents is 1. The molecule has 0 aliphatic heterocycles. The van der Waals surface area contributed by atoms with Crippen molar-refractivity contribution < 1.29 is 9.72 Å². The molecule has 3 aromatic rings. The Labute approximate surface area is 150 Å². The van der Waals surface area contributed by atoms with Crippen LogP contribution in [0.5, 0.6) is 0 Å². The van der Waals surface area contributed by atoms with E-state index in [2.05, 4.69) is 5.32 Å². The second-order valence-electron chi connectivity index (χ2n) is 5.58. The van der Waals surface area contributed by atoms with Gasteiger partial charge in [0, 0.05) is 35.2 Å². The van der Waals surface area contributed by atoms with E-state index < -0.39 is 4.92 Å². The number of para-hydroxylation sites is 1. The molecule has 0 fully saturated rings. The fourth-order valence-corrected chi connectivity index (χ4v) is 2.45. The van der Waals surface area contributed by atoms with Crippen LogP contribution in [0.2, 0.25) is 0 Å². The molecule has 0 heterocycles. The van der Waals surface area contributed by atoms with Crippen molar-refractivity contribution in [3.8, 4) is 0 Å². The van der Waals surface area contributed by atoms with Crippen LogP contribution >= 0.6 is 0 Å². The molecule has 1 N–H and O–H groups in total. The first-order valence-corrected chi connectivity index (χ1v) is 8.01. The number of allylic oxidation sites excluding steroid dienone is 1. The van der Waals surface area contributed by atoms with Crippen molar-refractivity contribution in [2.75, 3.05) is 5.32 Å². The third kappa shape index (κ3) is 4.21. The lowest BCUT2D eigenvalue weighted by molar-refractivity contribution is -0.384. The maximum Gasteiger partial charge on any atom is 0.269 e. The first-order chi connectivity index (χ1) is 12.6. The van der Waals surface area contributed by atoms with Gasteiger partial charge >= 0.3 is 0 Å². The van der Waals surface area contributed by atoms with E-state index in [1.807, 2.05) is 60.7 Å². The van der Waals surface area contributed by atoms with Gasteiger partial charge in [0.05, 0.1) is 4.92 Å². The van der Waals surface area contributed by atoms with Gasteiger partial charge in [-0.2, -0.15) is 0 Å². The van der Waals surface area contributed by atoms with E-state index >= 15 is 0 Å². The SMILES string of the molecule is O=C(C=C(Nc1ccccc1)c1ccccc1)c1ccc([N+](=O)[O-])cc1. The minimum absolute atomic E-state index is 0.0452. The Morgan fingerprint density at radius 1 is 0.808 bits per heavy atom. The molecule has 0 saturated heterocycles. The Bertz CT molecular complexity index is 934. The molecular formula is C21H16N2O3. The second kappa shape index (κ2) is 7.90.